The summed E-state index contributed by atoms with van der Waals surface area (Å²) in [6.07, 6.45) is 2.76. The third kappa shape index (κ3) is 6.18. The van der Waals surface area contributed by atoms with Gasteiger partial charge in [0.05, 0.1) is 5.56 Å². The Balaban J connectivity index is 1.62. The molecule has 0 aliphatic heterocycles. The summed E-state index contributed by atoms with van der Waals surface area (Å²) in [5.41, 5.74) is 2.09. The van der Waals surface area contributed by atoms with Crippen molar-refractivity contribution in [3.05, 3.63) is 81.5 Å². The van der Waals surface area contributed by atoms with Gasteiger partial charge in [-0.2, -0.15) is 0 Å². The van der Waals surface area contributed by atoms with Gasteiger partial charge in [-0.3, -0.25) is 10.1 Å². The number of aromatic carboxylic acids is 1. The number of aryl methyl sites for hydroxylation is 1. The van der Waals surface area contributed by atoms with E-state index in [0.29, 0.717) is 32.8 Å². The monoisotopic (exact) mass is 474 g/mol. The molecular weight excluding hydrogens is 459 g/mol. The van der Waals surface area contributed by atoms with Crippen molar-refractivity contribution in [1.29, 1.82) is 0 Å². The zero-order valence-electron chi connectivity index (χ0n) is 16.1. The standard InChI is InChI=1S/C22H16Cl2N2O4S/c1-12-2-3-13(21(28)29)10-18(12)25-22(31)26-20(27)7-5-17-4-6-19(30-17)14-8-15(23)11-16(24)9-14/h2-11H,1H3,(H,28,29)(H2,25,26,27,31)/b7-5+. The lowest BCUT2D eigenvalue weighted by Gasteiger charge is -2.11. The summed E-state index contributed by atoms with van der Waals surface area (Å²) in [6.45, 7) is 1.79. The summed E-state index contributed by atoms with van der Waals surface area (Å²) in [5, 5.41) is 15.4. The van der Waals surface area contributed by atoms with E-state index < -0.39 is 11.9 Å². The molecule has 1 aromatic heterocycles. The number of carboxylic acid groups (broad SMARTS) is 1. The Kier molecular flexibility index (Phi) is 7.12. The van der Waals surface area contributed by atoms with Gasteiger partial charge in [0.1, 0.15) is 11.5 Å². The molecule has 0 saturated carbocycles. The number of rotatable bonds is 5. The molecule has 0 saturated heterocycles. The molecule has 0 atom stereocenters. The topological polar surface area (TPSA) is 91.6 Å². The molecule has 3 aromatic rings. The predicted octanol–water partition coefficient (Wildman–Crippen LogP) is 5.79. The van der Waals surface area contributed by atoms with Crippen LogP contribution in [0.2, 0.25) is 10.0 Å². The SMILES string of the molecule is Cc1ccc(C(=O)O)cc1NC(=S)NC(=O)/C=C/c1ccc(-c2cc(Cl)cc(Cl)c2)o1. The quantitative estimate of drug-likeness (QED) is 0.320. The van der Waals surface area contributed by atoms with E-state index in [4.69, 9.17) is 44.9 Å². The van der Waals surface area contributed by atoms with E-state index in [0.717, 1.165) is 5.56 Å². The highest BCUT2D eigenvalue weighted by molar-refractivity contribution is 7.80. The van der Waals surface area contributed by atoms with Gasteiger partial charge in [0.2, 0.25) is 5.91 Å². The summed E-state index contributed by atoms with van der Waals surface area (Å²) in [6, 6.07) is 13.1. The number of thiocarbonyl (C=S) groups is 1. The molecule has 158 valence electrons. The summed E-state index contributed by atoms with van der Waals surface area (Å²) in [7, 11) is 0. The number of hydrogen-bond donors (Lipinski definition) is 3. The van der Waals surface area contributed by atoms with Crippen LogP contribution in [-0.4, -0.2) is 22.1 Å². The first-order chi connectivity index (χ1) is 14.7. The van der Waals surface area contributed by atoms with Crippen molar-refractivity contribution in [2.45, 2.75) is 6.92 Å². The fraction of sp³-hybridized carbons (Fsp3) is 0.0455. The number of nitrogens with one attached hydrogen (secondary N) is 2. The molecule has 3 N–H and O–H groups in total. The Labute approximate surface area is 193 Å². The molecule has 31 heavy (non-hydrogen) atoms. The number of benzene rings is 2. The fourth-order valence-electron chi connectivity index (χ4n) is 2.65. The van der Waals surface area contributed by atoms with E-state index in [-0.39, 0.29) is 10.7 Å². The van der Waals surface area contributed by atoms with Crippen molar-refractivity contribution < 1.29 is 19.1 Å². The molecule has 1 heterocycles. The second kappa shape index (κ2) is 9.78. The number of anilines is 1. The number of carboxylic acids is 1. The lowest BCUT2D eigenvalue weighted by atomic mass is 10.1. The van der Waals surface area contributed by atoms with Crippen LogP contribution in [0.4, 0.5) is 5.69 Å². The van der Waals surface area contributed by atoms with E-state index in [1.807, 2.05) is 0 Å². The van der Waals surface area contributed by atoms with Crippen LogP contribution >= 0.6 is 35.4 Å². The maximum Gasteiger partial charge on any atom is 0.335 e. The smallest absolute Gasteiger partial charge is 0.335 e. The molecule has 6 nitrogen and oxygen atoms in total. The number of carbonyl (C=O) groups is 2. The van der Waals surface area contributed by atoms with Crippen LogP contribution in [0.1, 0.15) is 21.7 Å². The summed E-state index contributed by atoms with van der Waals surface area (Å²) in [4.78, 5) is 23.3. The maximum absolute atomic E-state index is 12.1. The highest BCUT2D eigenvalue weighted by atomic mass is 35.5. The average molecular weight is 475 g/mol. The molecule has 1 amide bonds. The van der Waals surface area contributed by atoms with Crippen molar-refractivity contribution in [2.75, 3.05) is 5.32 Å². The van der Waals surface area contributed by atoms with E-state index >= 15 is 0 Å². The van der Waals surface area contributed by atoms with Crippen molar-refractivity contribution in [3.63, 3.8) is 0 Å². The highest BCUT2D eigenvalue weighted by Crippen LogP contribution is 2.28. The second-order valence-electron chi connectivity index (χ2n) is 6.47. The summed E-state index contributed by atoms with van der Waals surface area (Å²) < 4.78 is 5.69. The van der Waals surface area contributed by atoms with E-state index in [9.17, 15) is 9.59 Å². The molecule has 0 bridgehead atoms. The van der Waals surface area contributed by atoms with Crippen LogP contribution in [0.5, 0.6) is 0 Å². The van der Waals surface area contributed by atoms with Crippen LogP contribution < -0.4 is 10.6 Å². The van der Waals surface area contributed by atoms with Crippen LogP contribution in [0, 0.1) is 6.92 Å². The predicted molar refractivity (Wildman–Crippen MR) is 126 cm³/mol. The minimum atomic E-state index is -1.06. The fourth-order valence-corrected chi connectivity index (χ4v) is 3.38. The van der Waals surface area contributed by atoms with Gasteiger partial charge in [0.15, 0.2) is 5.11 Å². The van der Waals surface area contributed by atoms with Gasteiger partial charge in [-0.1, -0.05) is 29.3 Å². The first-order valence-electron chi connectivity index (χ1n) is 8.91. The van der Waals surface area contributed by atoms with E-state index in [2.05, 4.69) is 10.6 Å². The molecule has 0 spiro atoms. The lowest BCUT2D eigenvalue weighted by Crippen LogP contribution is -2.33. The van der Waals surface area contributed by atoms with E-state index in [1.165, 1.54) is 24.3 Å². The molecule has 0 aliphatic carbocycles. The Bertz CT molecular complexity index is 1180. The second-order valence-corrected chi connectivity index (χ2v) is 7.75. The number of amides is 1. The largest absolute Gasteiger partial charge is 0.478 e. The minimum Gasteiger partial charge on any atom is -0.478 e. The van der Waals surface area contributed by atoms with Crippen molar-refractivity contribution >= 4 is 64.2 Å². The van der Waals surface area contributed by atoms with Crippen LogP contribution in [-0.2, 0) is 4.79 Å². The average Bonchev–Trinajstić information content (AvgIpc) is 3.16. The number of halogens is 2. The zero-order chi connectivity index (χ0) is 22.5. The summed E-state index contributed by atoms with van der Waals surface area (Å²) >= 11 is 17.2. The van der Waals surface area contributed by atoms with Crippen molar-refractivity contribution in [3.8, 4) is 11.3 Å². The molecule has 9 heteroatoms. The number of carbonyl (C=O) groups excluding carboxylic acids is 1. The molecule has 0 radical (unpaired) electrons. The van der Waals surface area contributed by atoms with Gasteiger partial charge in [0, 0.05) is 27.4 Å². The van der Waals surface area contributed by atoms with Crippen molar-refractivity contribution in [1.82, 2.24) is 5.32 Å². The zero-order valence-corrected chi connectivity index (χ0v) is 18.4. The lowest BCUT2D eigenvalue weighted by molar-refractivity contribution is -0.115. The van der Waals surface area contributed by atoms with Crippen molar-refractivity contribution in [2.24, 2.45) is 0 Å². The maximum atomic E-state index is 12.1. The molecule has 0 fully saturated rings. The van der Waals surface area contributed by atoms with Gasteiger partial charge in [0.25, 0.3) is 0 Å². The van der Waals surface area contributed by atoms with E-state index in [1.54, 1.807) is 43.3 Å². The number of furan rings is 1. The van der Waals surface area contributed by atoms with Crippen LogP contribution in [0.3, 0.4) is 0 Å². The Morgan fingerprint density at radius 3 is 2.45 bits per heavy atom. The highest BCUT2D eigenvalue weighted by Gasteiger charge is 2.09. The third-order valence-corrected chi connectivity index (χ3v) is 4.78. The van der Waals surface area contributed by atoms with Crippen LogP contribution in [0.25, 0.3) is 17.4 Å². The molecule has 3 rings (SSSR count). The van der Waals surface area contributed by atoms with Gasteiger partial charge in [-0.25, -0.2) is 4.79 Å². The first kappa shape index (κ1) is 22.6. The molecule has 0 aliphatic rings. The minimum absolute atomic E-state index is 0.0361. The Morgan fingerprint density at radius 2 is 1.77 bits per heavy atom. The third-order valence-electron chi connectivity index (χ3n) is 4.14. The van der Waals surface area contributed by atoms with Gasteiger partial charge in [-0.05, 0) is 73.2 Å². The Hall–Kier alpha value is -3.13. The molecule has 0 unspecified atom stereocenters. The summed E-state index contributed by atoms with van der Waals surface area (Å²) in [5.74, 6) is -0.535. The molecule has 2 aromatic carbocycles. The normalized spacial score (nSPS) is 10.8. The Morgan fingerprint density at radius 1 is 1.06 bits per heavy atom. The van der Waals surface area contributed by atoms with Crippen LogP contribution in [0.15, 0.2) is 59.0 Å². The number of hydrogen-bond acceptors (Lipinski definition) is 4. The molecular formula is C22H16Cl2N2O4S. The van der Waals surface area contributed by atoms with Gasteiger partial charge in [-0.15, -0.1) is 0 Å². The van der Waals surface area contributed by atoms with Gasteiger partial charge >= 0.3 is 5.97 Å². The van der Waals surface area contributed by atoms with Gasteiger partial charge < -0.3 is 14.8 Å². The first-order valence-corrected chi connectivity index (χ1v) is 10.1.